The van der Waals surface area contributed by atoms with Crippen molar-refractivity contribution in [1.29, 1.82) is 5.26 Å². The molecule has 28 heavy (non-hydrogen) atoms. The molecule has 1 aromatic carbocycles. The van der Waals surface area contributed by atoms with Crippen molar-refractivity contribution in [3.63, 3.8) is 0 Å². The van der Waals surface area contributed by atoms with Gasteiger partial charge in [0.1, 0.15) is 29.4 Å². The molecule has 1 aliphatic heterocycles. The number of carbonyl (C=O) groups is 1. The van der Waals surface area contributed by atoms with E-state index in [1.165, 1.54) is 12.0 Å². The van der Waals surface area contributed by atoms with Crippen LogP contribution < -0.4 is 15.0 Å². The summed E-state index contributed by atoms with van der Waals surface area (Å²) in [6, 6.07) is 9.79. The number of carbonyl (C=O) groups excluding carboxylic acids is 1. The van der Waals surface area contributed by atoms with Crippen molar-refractivity contribution in [1.82, 2.24) is 4.98 Å². The van der Waals surface area contributed by atoms with Crippen LogP contribution in [0.1, 0.15) is 24.1 Å². The Hall–Kier alpha value is -3.28. The molecule has 0 radical (unpaired) electrons. The SMILES string of the molecule is COc1ccccc1N1CCC[C@H](Nc2nc(C(F)(F)F)ccc2C#N)C1=O. The quantitative estimate of drug-likeness (QED) is 0.863. The van der Waals surface area contributed by atoms with Crippen LogP contribution in [0.4, 0.5) is 24.7 Å². The molecule has 2 heterocycles. The van der Waals surface area contributed by atoms with Gasteiger partial charge in [0, 0.05) is 6.54 Å². The minimum atomic E-state index is -4.65. The van der Waals surface area contributed by atoms with Crippen LogP contribution in [0, 0.1) is 11.3 Å². The summed E-state index contributed by atoms with van der Waals surface area (Å²) in [6.45, 7) is 0.457. The molecule has 0 aliphatic carbocycles. The molecule has 0 spiro atoms. The van der Waals surface area contributed by atoms with Crippen molar-refractivity contribution in [2.45, 2.75) is 25.1 Å². The number of alkyl halides is 3. The van der Waals surface area contributed by atoms with Gasteiger partial charge in [-0.3, -0.25) is 4.79 Å². The fraction of sp³-hybridized carbons (Fsp3) is 0.316. The Labute approximate surface area is 159 Å². The number of anilines is 2. The molecule has 0 bridgehead atoms. The fourth-order valence-electron chi connectivity index (χ4n) is 3.08. The van der Waals surface area contributed by atoms with Gasteiger partial charge in [0.25, 0.3) is 0 Å². The monoisotopic (exact) mass is 390 g/mol. The lowest BCUT2D eigenvalue weighted by molar-refractivity contribution is -0.141. The molecule has 1 N–H and O–H groups in total. The lowest BCUT2D eigenvalue weighted by atomic mass is 10.0. The molecular weight excluding hydrogens is 373 g/mol. The van der Waals surface area contributed by atoms with Crippen molar-refractivity contribution in [3.8, 4) is 11.8 Å². The highest BCUT2D eigenvalue weighted by molar-refractivity contribution is 6.00. The Morgan fingerprint density at radius 2 is 2.04 bits per heavy atom. The lowest BCUT2D eigenvalue weighted by Crippen LogP contribution is -2.48. The molecule has 1 amide bonds. The Bertz CT molecular complexity index is 924. The number of rotatable bonds is 4. The summed E-state index contributed by atoms with van der Waals surface area (Å²) in [5, 5.41) is 11.9. The van der Waals surface area contributed by atoms with E-state index in [2.05, 4.69) is 10.3 Å². The number of nitrogens with one attached hydrogen (secondary N) is 1. The number of nitriles is 1. The van der Waals surface area contributed by atoms with Gasteiger partial charge in [0.2, 0.25) is 5.91 Å². The summed E-state index contributed by atoms with van der Waals surface area (Å²) in [7, 11) is 1.49. The normalized spacial score (nSPS) is 17.2. The second-order valence-electron chi connectivity index (χ2n) is 6.20. The van der Waals surface area contributed by atoms with Gasteiger partial charge in [-0.05, 0) is 37.1 Å². The third-order valence-electron chi connectivity index (χ3n) is 4.43. The average Bonchev–Trinajstić information content (AvgIpc) is 2.69. The molecule has 1 fully saturated rings. The van der Waals surface area contributed by atoms with Gasteiger partial charge in [-0.25, -0.2) is 4.98 Å². The molecule has 1 atom stereocenters. The maximum atomic E-state index is 13.0. The van der Waals surface area contributed by atoms with E-state index >= 15 is 0 Å². The predicted octanol–water partition coefficient (Wildman–Crippen LogP) is 3.59. The van der Waals surface area contributed by atoms with E-state index in [9.17, 15) is 23.2 Å². The van der Waals surface area contributed by atoms with Gasteiger partial charge in [-0.2, -0.15) is 18.4 Å². The highest BCUT2D eigenvalue weighted by Gasteiger charge is 2.35. The van der Waals surface area contributed by atoms with Crippen LogP contribution >= 0.6 is 0 Å². The van der Waals surface area contributed by atoms with E-state index < -0.39 is 17.9 Å². The number of nitrogens with zero attached hydrogens (tertiary/aromatic N) is 3. The molecule has 1 aromatic heterocycles. The van der Waals surface area contributed by atoms with Crippen molar-refractivity contribution in [2.24, 2.45) is 0 Å². The van der Waals surface area contributed by atoms with Crippen LogP contribution in [-0.2, 0) is 11.0 Å². The van der Waals surface area contributed by atoms with Crippen LogP contribution in [0.5, 0.6) is 5.75 Å². The molecule has 9 heteroatoms. The molecule has 146 valence electrons. The van der Waals surface area contributed by atoms with Gasteiger partial charge in [-0.15, -0.1) is 0 Å². The number of amides is 1. The second kappa shape index (κ2) is 7.76. The molecule has 3 rings (SSSR count). The number of halogens is 3. The zero-order valence-corrected chi connectivity index (χ0v) is 15.0. The van der Waals surface area contributed by atoms with Crippen LogP contribution in [-0.4, -0.2) is 30.6 Å². The van der Waals surface area contributed by atoms with Crippen molar-refractivity contribution in [2.75, 3.05) is 23.9 Å². The van der Waals surface area contributed by atoms with Gasteiger partial charge in [-0.1, -0.05) is 12.1 Å². The zero-order valence-electron chi connectivity index (χ0n) is 15.0. The third kappa shape index (κ3) is 3.86. The minimum absolute atomic E-state index is 0.0600. The average molecular weight is 390 g/mol. The minimum Gasteiger partial charge on any atom is -0.495 e. The van der Waals surface area contributed by atoms with Crippen LogP contribution in [0.25, 0.3) is 0 Å². The summed E-state index contributed by atoms with van der Waals surface area (Å²) < 4.78 is 44.2. The van der Waals surface area contributed by atoms with Crippen molar-refractivity contribution < 1.29 is 22.7 Å². The fourth-order valence-corrected chi connectivity index (χ4v) is 3.08. The topological polar surface area (TPSA) is 78.2 Å². The van der Waals surface area contributed by atoms with Gasteiger partial charge >= 0.3 is 6.18 Å². The highest BCUT2D eigenvalue weighted by Crippen LogP contribution is 2.32. The zero-order chi connectivity index (χ0) is 20.3. The Morgan fingerprint density at radius 3 is 2.71 bits per heavy atom. The molecule has 6 nitrogen and oxygen atoms in total. The number of methoxy groups -OCH3 is 1. The smallest absolute Gasteiger partial charge is 0.433 e. The number of ether oxygens (including phenoxy) is 1. The van der Waals surface area contributed by atoms with Gasteiger partial charge in [0.05, 0.1) is 18.4 Å². The third-order valence-corrected chi connectivity index (χ3v) is 4.43. The summed E-state index contributed by atoms with van der Waals surface area (Å²) >= 11 is 0. The van der Waals surface area contributed by atoms with Crippen LogP contribution in [0.15, 0.2) is 36.4 Å². The summed E-state index contributed by atoms with van der Waals surface area (Å²) in [5.74, 6) is -0.0530. The second-order valence-corrected chi connectivity index (χ2v) is 6.20. The number of aromatic nitrogens is 1. The first kappa shape index (κ1) is 19.5. The Kier molecular flexibility index (Phi) is 5.40. The van der Waals surface area contributed by atoms with E-state index in [0.717, 1.165) is 12.1 Å². The highest BCUT2D eigenvalue weighted by atomic mass is 19.4. The maximum Gasteiger partial charge on any atom is 0.433 e. The maximum absolute atomic E-state index is 13.0. The number of para-hydroxylation sites is 2. The first-order valence-corrected chi connectivity index (χ1v) is 8.54. The van der Waals surface area contributed by atoms with E-state index in [0.29, 0.717) is 30.8 Å². The number of hydrogen-bond donors (Lipinski definition) is 1. The number of hydrogen-bond acceptors (Lipinski definition) is 5. The van der Waals surface area contributed by atoms with Gasteiger partial charge < -0.3 is 15.0 Å². The molecule has 1 saturated heterocycles. The van der Waals surface area contributed by atoms with E-state index in [1.807, 2.05) is 0 Å². The van der Waals surface area contributed by atoms with Gasteiger partial charge in [0.15, 0.2) is 0 Å². The van der Waals surface area contributed by atoms with Crippen LogP contribution in [0.3, 0.4) is 0 Å². The van der Waals surface area contributed by atoms with Crippen molar-refractivity contribution in [3.05, 3.63) is 47.7 Å². The standard InChI is InChI=1S/C19H17F3N4O2/c1-28-15-7-3-2-6-14(15)26-10-4-5-13(18(26)27)24-17-12(11-23)8-9-16(25-17)19(20,21)22/h2-3,6-9,13H,4-5,10H2,1H3,(H,24,25)/t13-/m0/s1. The predicted molar refractivity (Wildman–Crippen MR) is 95.9 cm³/mol. The molecule has 0 unspecified atom stereocenters. The number of benzene rings is 1. The number of piperidine rings is 1. The Balaban J connectivity index is 1.89. The number of pyridine rings is 1. The molecule has 0 saturated carbocycles. The molecular formula is C19H17F3N4O2. The summed E-state index contributed by atoms with van der Waals surface area (Å²) in [5.41, 5.74) is -0.604. The largest absolute Gasteiger partial charge is 0.495 e. The Morgan fingerprint density at radius 1 is 1.29 bits per heavy atom. The first-order chi connectivity index (χ1) is 13.3. The molecule has 1 aliphatic rings. The summed E-state index contributed by atoms with van der Waals surface area (Å²) in [6.07, 6.45) is -3.61. The van der Waals surface area contributed by atoms with E-state index in [-0.39, 0.29) is 17.3 Å². The first-order valence-electron chi connectivity index (χ1n) is 8.54. The van der Waals surface area contributed by atoms with Crippen LogP contribution in [0.2, 0.25) is 0 Å². The lowest BCUT2D eigenvalue weighted by Gasteiger charge is -2.33. The van der Waals surface area contributed by atoms with E-state index in [4.69, 9.17) is 4.74 Å². The summed E-state index contributed by atoms with van der Waals surface area (Å²) in [4.78, 5) is 18.0. The molecule has 2 aromatic rings. The van der Waals surface area contributed by atoms with Crippen molar-refractivity contribution >= 4 is 17.4 Å². The van der Waals surface area contributed by atoms with E-state index in [1.54, 1.807) is 30.3 Å².